The van der Waals surface area contributed by atoms with Gasteiger partial charge < -0.3 is 14.4 Å². The van der Waals surface area contributed by atoms with E-state index in [1.54, 1.807) is 6.92 Å². The highest BCUT2D eigenvalue weighted by atomic mass is 31.2. The maximum Gasteiger partial charge on any atom is 0.472 e. The minimum absolute atomic E-state index is 0.00497. The Kier molecular flexibility index (Phi) is 38.2. The van der Waals surface area contributed by atoms with Crippen LogP contribution in [-0.4, -0.2) is 42.8 Å². The number of carbonyl (C=O) groups excluding carboxylic acids is 2. The molecule has 0 aliphatic heterocycles. The highest BCUT2D eigenvalue weighted by Gasteiger charge is 2.25. The van der Waals surface area contributed by atoms with Crippen molar-refractivity contribution in [3.05, 3.63) is 48.6 Å². The Morgan fingerprint density at radius 1 is 0.509 bits per heavy atom. The van der Waals surface area contributed by atoms with Gasteiger partial charge in [-0.05, 0) is 84.0 Å². The number of allylic oxidation sites excluding steroid dienone is 8. The van der Waals surface area contributed by atoms with E-state index in [9.17, 15) is 19.0 Å². The molecule has 0 saturated heterocycles. The molecule has 0 radical (unpaired) electrons. The Labute approximate surface area is 325 Å². The molecule has 0 fully saturated rings. The number of phosphoric acid groups is 1. The standard InChI is InChI=1S/C44H79O8P/c1-4-7-9-11-13-15-17-19-21-22-23-25-27-29-31-33-35-37-39-44(46)52-42(41-51-53(47,48)50-6-3)40-49-43(45)38-36-34-32-30-28-26-24-20-18-16-14-12-10-8-5-2/h14-17,20-22,24,42H,4-13,18-19,23,25-41H2,1-3H3,(H,47,48)/b16-14-,17-15-,22-21-,24-20-. The van der Waals surface area contributed by atoms with E-state index in [2.05, 4.69) is 62.5 Å². The Morgan fingerprint density at radius 3 is 1.38 bits per heavy atom. The van der Waals surface area contributed by atoms with Gasteiger partial charge in [0.05, 0.1) is 13.2 Å². The van der Waals surface area contributed by atoms with Crippen LogP contribution >= 0.6 is 7.82 Å². The zero-order chi connectivity index (χ0) is 38.9. The first-order valence-electron chi connectivity index (χ1n) is 21.4. The van der Waals surface area contributed by atoms with E-state index in [0.29, 0.717) is 6.42 Å². The molecule has 0 aromatic rings. The summed E-state index contributed by atoms with van der Waals surface area (Å²) in [7, 11) is -4.29. The molecule has 0 aliphatic carbocycles. The molecule has 2 atom stereocenters. The third-order valence-corrected chi connectivity index (χ3v) is 9.92. The molecule has 8 nitrogen and oxygen atoms in total. The van der Waals surface area contributed by atoms with E-state index in [1.807, 2.05) is 0 Å². The van der Waals surface area contributed by atoms with Gasteiger partial charge in [-0.3, -0.25) is 18.6 Å². The first-order valence-corrected chi connectivity index (χ1v) is 22.9. The zero-order valence-electron chi connectivity index (χ0n) is 34.2. The average Bonchev–Trinajstić information content (AvgIpc) is 3.13. The number of hydrogen-bond acceptors (Lipinski definition) is 7. The van der Waals surface area contributed by atoms with Crippen LogP contribution in [0.1, 0.15) is 194 Å². The molecule has 2 unspecified atom stereocenters. The van der Waals surface area contributed by atoms with Crippen LogP contribution in [0.15, 0.2) is 48.6 Å². The van der Waals surface area contributed by atoms with E-state index in [-0.39, 0.29) is 32.0 Å². The predicted octanol–water partition coefficient (Wildman–Crippen LogP) is 13.4. The Hall–Kier alpha value is -1.99. The van der Waals surface area contributed by atoms with Gasteiger partial charge in [0, 0.05) is 12.8 Å². The predicted molar refractivity (Wildman–Crippen MR) is 221 cm³/mol. The molecule has 0 rings (SSSR count). The molecule has 0 bridgehead atoms. The molecule has 9 heteroatoms. The van der Waals surface area contributed by atoms with Gasteiger partial charge in [-0.15, -0.1) is 0 Å². The normalized spacial score (nSPS) is 13.8. The van der Waals surface area contributed by atoms with Gasteiger partial charge in [0.25, 0.3) is 0 Å². The minimum Gasteiger partial charge on any atom is -0.462 e. The third-order valence-electron chi connectivity index (χ3n) is 8.86. The van der Waals surface area contributed by atoms with Crippen LogP contribution in [0, 0.1) is 0 Å². The fraction of sp³-hybridized carbons (Fsp3) is 0.773. The number of carbonyl (C=O) groups is 2. The first-order chi connectivity index (χ1) is 25.8. The smallest absolute Gasteiger partial charge is 0.462 e. The van der Waals surface area contributed by atoms with Gasteiger partial charge in [0.1, 0.15) is 6.61 Å². The number of unbranched alkanes of at least 4 members (excludes halogenated alkanes) is 19. The number of rotatable bonds is 39. The summed E-state index contributed by atoms with van der Waals surface area (Å²) < 4.78 is 32.6. The second-order valence-corrected chi connectivity index (χ2v) is 15.5. The molecule has 0 saturated carbocycles. The van der Waals surface area contributed by atoms with Crippen molar-refractivity contribution in [1.29, 1.82) is 0 Å². The summed E-state index contributed by atoms with van der Waals surface area (Å²) in [6, 6.07) is 0. The lowest BCUT2D eigenvalue weighted by molar-refractivity contribution is -0.161. The van der Waals surface area contributed by atoms with Crippen molar-refractivity contribution in [2.45, 2.75) is 200 Å². The maximum atomic E-state index is 12.6. The summed E-state index contributed by atoms with van der Waals surface area (Å²) in [6.07, 6.45) is 45.8. The van der Waals surface area contributed by atoms with Gasteiger partial charge >= 0.3 is 19.8 Å². The van der Waals surface area contributed by atoms with Crippen molar-refractivity contribution < 1.29 is 37.6 Å². The summed E-state index contributed by atoms with van der Waals surface area (Å²) in [5.74, 6) is -0.823. The SMILES string of the molecule is CCCCC/C=C\C/C=C\CCCCCCCC(=O)OCC(COP(=O)(O)OCC)OC(=O)CCCCCCCCC/C=C\C/C=C\CCCCCC. The lowest BCUT2D eigenvalue weighted by Gasteiger charge is -2.19. The molecule has 0 amide bonds. The van der Waals surface area contributed by atoms with Crippen LogP contribution in [0.5, 0.6) is 0 Å². The first kappa shape index (κ1) is 51.0. The van der Waals surface area contributed by atoms with Crippen molar-refractivity contribution in [3.63, 3.8) is 0 Å². The third kappa shape index (κ3) is 39.5. The minimum atomic E-state index is -4.29. The van der Waals surface area contributed by atoms with Crippen molar-refractivity contribution >= 4 is 19.8 Å². The average molecular weight is 767 g/mol. The van der Waals surface area contributed by atoms with Crippen molar-refractivity contribution in [2.75, 3.05) is 19.8 Å². The molecule has 0 aromatic carbocycles. The Morgan fingerprint density at radius 2 is 0.906 bits per heavy atom. The summed E-state index contributed by atoms with van der Waals surface area (Å²) >= 11 is 0. The second-order valence-electron chi connectivity index (χ2n) is 14.0. The van der Waals surface area contributed by atoms with E-state index < -0.39 is 26.5 Å². The fourth-order valence-electron chi connectivity index (χ4n) is 5.69. The van der Waals surface area contributed by atoms with Crippen LogP contribution in [0.25, 0.3) is 0 Å². The molecular formula is C44H79O8P. The molecule has 53 heavy (non-hydrogen) atoms. The monoisotopic (exact) mass is 767 g/mol. The fourth-order valence-corrected chi connectivity index (χ4v) is 6.44. The van der Waals surface area contributed by atoms with Gasteiger partial charge in [-0.1, -0.05) is 146 Å². The lowest BCUT2D eigenvalue weighted by Crippen LogP contribution is -2.29. The summed E-state index contributed by atoms with van der Waals surface area (Å²) in [5.41, 5.74) is 0. The largest absolute Gasteiger partial charge is 0.472 e. The summed E-state index contributed by atoms with van der Waals surface area (Å²) in [6.45, 7) is 5.41. The molecule has 308 valence electrons. The Balaban J connectivity index is 4.13. The molecule has 0 heterocycles. The number of hydrogen-bond donors (Lipinski definition) is 1. The van der Waals surface area contributed by atoms with E-state index in [4.69, 9.17) is 18.5 Å². The highest BCUT2D eigenvalue weighted by molar-refractivity contribution is 7.47. The summed E-state index contributed by atoms with van der Waals surface area (Å²) in [5, 5.41) is 0. The van der Waals surface area contributed by atoms with Crippen LogP contribution < -0.4 is 0 Å². The topological polar surface area (TPSA) is 108 Å². The van der Waals surface area contributed by atoms with Gasteiger partial charge in [0.2, 0.25) is 0 Å². The number of phosphoric ester groups is 1. The zero-order valence-corrected chi connectivity index (χ0v) is 35.1. The van der Waals surface area contributed by atoms with Crippen molar-refractivity contribution in [2.24, 2.45) is 0 Å². The van der Waals surface area contributed by atoms with E-state index >= 15 is 0 Å². The number of ether oxygens (including phenoxy) is 2. The van der Waals surface area contributed by atoms with Crippen LogP contribution in [0.4, 0.5) is 0 Å². The molecular weight excluding hydrogens is 687 g/mol. The number of esters is 2. The van der Waals surface area contributed by atoms with E-state index in [0.717, 1.165) is 77.0 Å². The van der Waals surface area contributed by atoms with Crippen molar-refractivity contribution in [1.82, 2.24) is 0 Å². The highest BCUT2D eigenvalue weighted by Crippen LogP contribution is 2.43. The maximum absolute atomic E-state index is 12.6. The Bertz CT molecular complexity index is 1010. The molecule has 0 aliphatic rings. The lowest BCUT2D eigenvalue weighted by atomic mass is 10.1. The van der Waals surface area contributed by atoms with Gasteiger partial charge in [-0.25, -0.2) is 4.57 Å². The second kappa shape index (κ2) is 39.7. The van der Waals surface area contributed by atoms with Crippen LogP contribution in [-0.2, 0) is 32.7 Å². The van der Waals surface area contributed by atoms with Gasteiger partial charge in [0.15, 0.2) is 6.10 Å². The molecule has 0 aromatic heterocycles. The van der Waals surface area contributed by atoms with Crippen LogP contribution in [0.3, 0.4) is 0 Å². The molecule has 1 N–H and O–H groups in total. The van der Waals surface area contributed by atoms with Crippen LogP contribution in [0.2, 0.25) is 0 Å². The van der Waals surface area contributed by atoms with E-state index in [1.165, 1.54) is 77.0 Å². The van der Waals surface area contributed by atoms with Gasteiger partial charge in [-0.2, -0.15) is 0 Å². The molecule has 0 spiro atoms. The van der Waals surface area contributed by atoms with Crippen molar-refractivity contribution in [3.8, 4) is 0 Å². The quantitative estimate of drug-likeness (QED) is 0.0285. The summed E-state index contributed by atoms with van der Waals surface area (Å²) in [4.78, 5) is 34.7.